The summed E-state index contributed by atoms with van der Waals surface area (Å²) in [6, 6.07) is 7.30. The van der Waals surface area contributed by atoms with Gasteiger partial charge in [0.2, 0.25) is 5.95 Å². The molecule has 6 heteroatoms. The van der Waals surface area contributed by atoms with E-state index in [1.807, 2.05) is 38.1 Å². The SMILES string of the molecule is COc1ccc(N=Nc2c(C)nc(N)nc2C)cc1. The van der Waals surface area contributed by atoms with Crippen LogP contribution >= 0.6 is 0 Å². The first-order valence-corrected chi connectivity index (χ1v) is 5.76. The lowest BCUT2D eigenvalue weighted by atomic mass is 10.3. The fourth-order valence-electron chi connectivity index (χ4n) is 1.64. The van der Waals surface area contributed by atoms with Gasteiger partial charge in [0.05, 0.1) is 24.2 Å². The van der Waals surface area contributed by atoms with Crippen molar-refractivity contribution < 1.29 is 4.74 Å². The number of benzene rings is 1. The Labute approximate surface area is 111 Å². The van der Waals surface area contributed by atoms with E-state index >= 15 is 0 Å². The second kappa shape index (κ2) is 5.43. The molecule has 1 aromatic carbocycles. The van der Waals surface area contributed by atoms with Gasteiger partial charge in [-0.3, -0.25) is 0 Å². The summed E-state index contributed by atoms with van der Waals surface area (Å²) in [5, 5.41) is 8.33. The van der Waals surface area contributed by atoms with Crippen molar-refractivity contribution in [3.05, 3.63) is 35.7 Å². The Morgan fingerprint density at radius 2 is 1.58 bits per heavy atom. The lowest BCUT2D eigenvalue weighted by Gasteiger charge is -2.03. The third kappa shape index (κ3) is 3.04. The molecule has 0 aliphatic carbocycles. The first kappa shape index (κ1) is 12.9. The van der Waals surface area contributed by atoms with E-state index in [-0.39, 0.29) is 5.95 Å². The van der Waals surface area contributed by atoms with Gasteiger partial charge in [-0.2, -0.15) is 5.11 Å². The molecule has 1 heterocycles. The minimum atomic E-state index is 0.249. The molecule has 6 nitrogen and oxygen atoms in total. The van der Waals surface area contributed by atoms with Crippen molar-refractivity contribution in [3.8, 4) is 5.75 Å². The van der Waals surface area contributed by atoms with Gasteiger partial charge in [-0.1, -0.05) is 0 Å². The smallest absolute Gasteiger partial charge is 0.220 e. The van der Waals surface area contributed by atoms with Crippen LogP contribution in [0, 0.1) is 13.8 Å². The van der Waals surface area contributed by atoms with E-state index in [1.54, 1.807) is 7.11 Å². The fraction of sp³-hybridized carbons (Fsp3) is 0.231. The van der Waals surface area contributed by atoms with Crippen LogP contribution in [-0.4, -0.2) is 17.1 Å². The largest absolute Gasteiger partial charge is 0.497 e. The van der Waals surface area contributed by atoms with Crippen LogP contribution in [0.4, 0.5) is 17.3 Å². The molecule has 0 spiro atoms. The third-order valence-corrected chi connectivity index (χ3v) is 2.59. The van der Waals surface area contributed by atoms with Crippen molar-refractivity contribution >= 4 is 17.3 Å². The minimum Gasteiger partial charge on any atom is -0.497 e. The van der Waals surface area contributed by atoms with Crippen molar-refractivity contribution in [3.63, 3.8) is 0 Å². The van der Waals surface area contributed by atoms with Gasteiger partial charge in [-0.05, 0) is 38.1 Å². The predicted octanol–water partition coefficient (Wildman–Crippen LogP) is 3.10. The van der Waals surface area contributed by atoms with Crippen LogP contribution in [0.2, 0.25) is 0 Å². The van der Waals surface area contributed by atoms with Gasteiger partial charge in [0.15, 0.2) is 0 Å². The maximum atomic E-state index is 5.56. The lowest BCUT2D eigenvalue weighted by molar-refractivity contribution is 0.415. The highest BCUT2D eigenvalue weighted by atomic mass is 16.5. The normalized spacial score (nSPS) is 10.9. The maximum Gasteiger partial charge on any atom is 0.220 e. The predicted molar refractivity (Wildman–Crippen MR) is 73.1 cm³/mol. The number of nitrogens with zero attached hydrogens (tertiary/aromatic N) is 4. The van der Waals surface area contributed by atoms with Crippen molar-refractivity contribution in [2.24, 2.45) is 10.2 Å². The lowest BCUT2D eigenvalue weighted by Crippen LogP contribution is -1.98. The Bertz CT molecular complexity index is 584. The van der Waals surface area contributed by atoms with E-state index in [9.17, 15) is 0 Å². The van der Waals surface area contributed by atoms with Crippen molar-refractivity contribution in [1.82, 2.24) is 9.97 Å². The highest BCUT2D eigenvalue weighted by Gasteiger charge is 2.05. The molecule has 0 fully saturated rings. The highest BCUT2D eigenvalue weighted by Crippen LogP contribution is 2.25. The Hall–Kier alpha value is -2.50. The van der Waals surface area contributed by atoms with Gasteiger partial charge in [-0.15, -0.1) is 5.11 Å². The Morgan fingerprint density at radius 1 is 1.00 bits per heavy atom. The zero-order chi connectivity index (χ0) is 13.8. The molecule has 0 aliphatic heterocycles. The Morgan fingerprint density at radius 3 is 2.11 bits per heavy atom. The van der Waals surface area contributed by atoms with Gasteiger partial charge in [-0.25, -0.2) is 9.97 Å². The van der Waals surface area contributed by atoms with Crippen LogP contribution in [0.15, 0.2) is 34.5 Å². The molecule has 2 N–H and O–H groups in total. The summed E-state index contributed by atoms with van der Waals surface area (Å²) in [6.07, 6.45) is 0. The number of anilines is 1. The first-order valence-electron chi connectivity index (χ1n) is 5.76. The summed E-state index contributed by atoms with van der Waals surface area (Å²) in [5.74, 6) is 1.03. The van der Waals surface area contributed by atoms with Gasteiger partial charge in [0, 0.05) is 0 Å². The van der Waals surface area contributed by atoms with E-state index in [1.165, 1.54) is 0 Å². The summed E-state index contributed by atoms with van der Waals surface area (Å²) in [4.78, 5) is 8.13. The molecule has 0 amide bonds. The summed E-state index contributed by atoms with van der Waals surface area (Å²) < 4.78 is 5.08. The van der Waals surface area contributed by atoms with E-state index in [0.717, 1.165) is 11.4 Å². The number of nitrogens with two attached hydrogens (primary N) is 1. The van der Waals surface area contributed by atoms with Crippen LogP contribution in [0.25, 0.3) is 0 Å². The molecule has 0 bridgehead atoms. The molecule has 0 saturated carbocycles. The molecule has 0 atom stereocenters. The monoisotopic (exact) mass is 257 g/mol. The van der Waals surface area contributed by atoms with Gasteiger partial charge >= 0.3 is 0 Å². The molecule has 2 aromatic rings. The molecule has 0 aliphatic rings. The number of ether oxygens (including phenoxy) is 1. The molecular weight excluding hydrogens is 242 g/mol. The van der Waals surface area contributed by atoms with Crippen LogP contribution in [0.1, 0.15) is 11.4 Å². The summed E-state index contributed by atoms with van der Waals surface area (Å²) in [6.45, 7) is 3.65. The van der Waals surface area contributed by atoms with Crippen LogP contribution < -0.4 is 10.5 Å². The number of azo groups is 1. The molecule has 98 valence electrons. The van der Waals surface area contributed by atoms with Crippen molar-refractivity contribution in [1.29, 1.82) is 0 Å². The number of hydrogen-bond donors (Lipinski definition) is 1. The molecular formula is C13H15N5O. The summed E-state index contributed by atoms with van der Waals surface area (Å²) >= 11 is 0. The number of methoxy groups -OCH3 is 1. The van der Waals surface area contributed by atoms with Crippen molar-refractivity contribution in [2.75, 3.05) is 12.8 Å². The zero-order valence-electron chi connectivity index (χ0n) is 11.1. The van der Waals surface area contributed by atoms with E-state index in [0.29, 0.717) is 17.1 Å². The average Bonchev–Trinajstić information content (AvgIpc) is 2.38. The maximum absolute atomic E-state index is 5.56. The van der Waals surface area contributed by atoms with Gasteiger partial charge in [0.1, 0.15) is 11.4 Å². The number of rotatable bonds is 3. The number of nitrogen functional groups attached to an aromatic ring is 1. The van der Waals surface area contributed by atoms with E-state index < -0.39 is 0 Å². The topological polar surface area (TPSA) is 85.8 Å². The molecule has 0 saturated heterocycles. The van der Waals surface area contributed by atoms with Crippen molar-refractivity contribution in [2.45, 2.75) is 13.8 Å². The summed E-state index contributed by atoms with van der Waals surface area (Å²) in [7, 11) is 1.62. The zero-order valence-corrected chi connectivity index (χ0v) is 11.1. The fourth-order valence-corrected chi connectivity index (χ4v) is 1.64. The first-order chi connectivity index (χ1) is 9.10. The minimum absolute atomic E-state index is 0.249. The summed E-state index contributed by atoms with van der Waals surface area (Å²) in [5.41, 5.74) is 8.36. The van der Waals surface area contributed by atoms with Gasteiger partial charge in [0.25, 0.3) is 0 Å². The standard InChI is InChI=1S/C13H15N5O/c1-8-12(9(2)16-13(14)15-8)18-17-10-4-6-11(19-3)7-5-10/h4-7H,1-3H3,(H2,14,15,16). The molecule has 19 heavy (non-hydrogen) atoms. The van der Waals surface area contributed by atoms with Crippen LogP contribution in [-0.2, 0) is 0 Å². The van der Waals surface area contributed by atoms with Gasteiger partial charge < -0.3 is 10.5 Å². The number of aryl methyl sites for hydroxylation is 2. The highest BCUT2D eigenvalue weighted by molar-refractivity contribution is 5.48. The number of aromatic nitrogens is 2. The molecule has 0 radical (unpaired) electrons. The quantitative estimate of drug-likeness (QED) is 0.856. The molecule has 2 rings (SSSR count). The van der Waals surface area contributed by atoms with E-state index in [2.05, 4.69) is 20.2 Å². The Balaban J connectivity index is 2.27. The number of hydrogen-bond acceptors (Lipinski definition) is 6. The van der Waals surface area contributed by atoms with E-state index in [4.69, 9.17) is 10.5 Å². The second-order valence-electron chi connectivity index (χ2n) is 4.00. The van der Waals surface area contributed by atoms with Crippen LogP contribution in [0.5, 0.6) is 5.75 Å². The third-order valence-electron chi connectivity index (χ3n) is 2.59. The van der Waals surface area contributed by atoms with Crippen LogP contribution in [0.3, 0.4) is 0 Å². The second-order valence-corrected chi connectivity index (χ2v) is 4.00. The average molecular weight is 257 g/mol. The molecule has 0 unspecified atom stereocenters. The molecule has 1 aromatic heterocycles. The Kier molecular flexibility index (Phi) is 3.70.